The summed E-state index contributed by atoms with van der Waals surface area (Å²) in [6.07, 6.45) is 5.89. The van der Waals surface area contributed by atoms with Gasteiger partial charge in [0.2, 0.25) is 5.95 Å². The zero-order chi connectivity index (χ0) is 26.4. The molecule has 2 aromatic carbocycles. The monoisotopic (exact) mass is 507 g/mol. The first kappa shape index (κ1) is 23.9. The Morgan fingerprint density at radius 3 is 2.53 bits per heavy atom. The molecular formula is C29H29N7O2. The Kier molecular flexibility index (Phi) is 5.97. The van der Waals surface area contributed by atoms with E-state index in [0.29, 0.717) is 17.4 Å². The minimum Gasteiger partial charge on any atom is -0.482 e. The average Bonchev–Trinajstić information content (AvgIpc) is 3.44. The summed E-state index contributed by atoms with van der Waals surface area (Å²) >= 11 is 0. The molecule has 38 heavy (non-hydrogen) atoms. The van der Waals surface area contributed by atoms with Crippen molar-refractivity contribution in [2.75, 3.05) is 50.6 Å². The summed E-state index contributed by atoms with van der Waals surface area (Å²) in [5.41, 5.74) is 5.59. The van der Waals surface area contributed by atoms with Gasteiger partial charge in [0, 0.05) is 44.1 Å². The van der Waals surface area contributed by atoms with Crippen LogP contribution in [0.2, 0.25) is 0 Å². The smallest absolute Gasteiger partial charge is 0.264 e. The number of ether oxygens (including phenoxy) is 1. The van der Waals surface area contributed by atoms with Crippen molar-refractivity contribution in [3.63, 3.8) is 0 Å². The van der Waals surface area contributed by atoms with Crippen LogP contribution >= 0.6 is 0 Å². The van der Waals surface area contributed by atoms with Crippen LogP contribution in [0.25, 0.3) is 28.0 Å². The van der Waals surface area contributed by atoms with E-state index >= 15 is 0 Å². The number of nitriles is 1. The van der Waals surface area contributed by atoms with Crippen molar-refractivity contribution in [2.45, 2.75) is 18.9 Å². The molecule has 4 aromatic rings. The number of carbonyl (C=O) groups excluding carboxylic acids is 1. The standard InChI is InChI=1S/C29H29N7O2/c1-33(2)22-10-13-35(14-11-22)29-32-27(20-6-4-19(17-30)5-7-20)26(28-31-12-15-36(28)29)21-8-9-23-24(16-21)38-18-25(37)34(23)3/h4-9,12,15-16,22H,10-11,13-14,18H2,1-3H3. The number of rotatable bonds is 4. The quantitative estimate of drug-likeness (QED) is 0.415. The van der Waals surface area contributed by atoms with E-state index in [1.54, 1.807) is 18.1 Å². The number of anilines is 2. The minimum absolute atomic E-state index is 0.00824. The van der Waals surface area contributed by atoms with Gasteiger partial charge in [0.05, 0.1) is 28.6 Å². The predicted molar refractivity (Wildman–Crippen MR) is 146 cm³/mol. The highest BCUT2D eigenvalue weighted by Gasteiger charge is 2.28. The van der Waals surface area contributed by atoms with E-state index in [2.05, 4.69) is 34.4 Å². The van der Waals surface area contributed by atoms with Gasteiger partial charge in [-0.15, -0.1) is 0 Å². The Hall–Kier alpha value is -4.42. The lowest BCUT2D eigenvalue weighted by atomic mass is 9.98. The third-order valence-electron chi connectivity index (χ3n) is 7.63. The number of aromatic nitrogens is 3. The molecule has 2 aliphatic rings. The Morgan fingerprint density at radius 2 is 1.82 bits per heavy atom. The first-order chi connectivity index (χ1) is 18.4. The normalized spacial score (nSPS) is 16.0. The molecule has 0 bridgehead atoms. The fourth-order valence-corrected chi connectivity index (χ4v) is 5.38. The topological polar surface area (TPSA) is 90.0 Å². The number of fused-ring (bicyclic) bond motifs is 2. The highest BCUT2D eigenvalue weighted by Crippen LogP contribution is 2.41. The van der Waals surface area contributed by atoms with Gasteiger partial charge in [-0.25, -0.2) is 9.97 Å². The molecule has 1 saturated heterocycles. The molecule has 1 amide bonds. The van der Waals surface area contributed by atoms with Crippen LogP contribution in [0.5, 0.6) is 5.75 Å². The maximum absolute atomic E-state index is 12.1. The number of nitrogens with zero attached hydrogens (tertiary/aromatic N) is 7. The van der Waals surface area contributed by atoms with Crippen molar-refractivity contribution in [3.05, 3.63) is 60.4 Å². The van der Waals surface area contributed by atoms with Crippen LogP contribution < -0.4 is 14.5 Å². The lowest BCUT2D eigenvalue weighted by Crippen LogP contribution is -2.43. The lowest BCUT2D eigenvalue weighted by molar-refractivity contribution is -0.120. The van der Waals surface area contributed by atoms with Crippen LogP contribution in [0.3, 0.4) is 0 Å². The zero-order valence-corrected chi connectivity index (χ0v) is 21.8. The molecule has 0 unspecified atom stereocenters. The Bertz CT molecular complexity index is 1560. The van der Waals surface area contributed by atoms with Gasteiger partial charge in [0.25, 0.3) is 5.91 Å². The fraction of sp³-hybridized carbons (Fsp3) is 0.310. The van der Waals surface area contributed by atoms with Gasteiger partial charge in [-0.3, -0.25) is 9.20 Å². The first-order valence-electron chi connectivity index (χ1n) is 12.8. The van der Waals surface area contributed by atoms with Crippen molar-refractivity contribution in [1.29, 1.82) is 5.26 Å². The SMILES string of the molecule is CN1C(=O)COc2cc(-c3c(-c4ccc(C#N)cc4)nc(N4CCC(N(C)C)CC4)n4ccnc34)ccc21. The molecule has 0 atom stereocenters. The van der Waals surface area contributed by atoms with Gasteiger partial charge >= 0.3 is 0 Å². The maximum Gasteiger partial charge on any atom is 0.264 e. The number of imidazole rings is 1. The van der Waals surface area contributed by atoms with Crippen molar-refractivity contribution in [3.8, 4) is 34.2 Å². The zero-order valence-electron chi connectivity index (χ0n) is 21.8. The second-order valence-corrected chi connectivity index (χ2v) is 10.1. The Morgan fingerprint density at radius 1 is 1.08 bits per heavy atom. The van der Waals surface area contributed by atoms with E-state index in [0.717, 1.165) is 65.6 Å². The third kappa shape index (κ3) is 4.03. The lowest BCUT2D eigenvalue weighted by Gasteiger charge is -2.36. The van der Waals surface area contributed by atoms with Gasteiger partial charge < -0.3 is 19.4 Å². The van der Waals surface area contributed by atoms with Gasteiger partial charge in [-0.2, -0.15) is 5.26 Å². The van der Waals surface area contributed by atoms with Crippen molar-refractivity contribution >= 4 is 23.2 Å². The van der Waals surface area contributed by atoms with Gasteiger partial charge in [-0.05, 0) is 56.8 Å². The maximum atomic E-state index is 12.1. The Balaban J connectivity index is 1.53. The molecule has 9 heteroatoms. The molecule has 192 valence electrons. The second kappa shape index (κ2) is 9.47. The second-order valence-electron chi connectivity index (χ2n) is 10.1. The summed E-state index contributed by atoms with van der Waals surface area (Å²) in [5.74, 6) is 1.43. The van der Waals surface area contributed by atoms with Crippen molar-refractivity contribution < 1.29 is 9.53 Å². The first-order valence-corrected chi connectivity index (χ1v) is 12.8. The summed E-state index contributed by atoms with van der Waals surface area (Å²) in [5, 5.41) is 9.34. The molecule has 2 aliphatic heterocycles. The molecule has 0 N–H and O–H groups in total. The largest absolute Gasteiger partial charge is 0.482 e. The summed E-state index contributed by atoms with van der Waals surface area (Å²) < 4.78 is 7.86. The molecule has 6 rings (SSSR count). The number of hydrogen-bond donors (Lipinski definition) is 0. The van der Waals surface area contributed by atoms with E-state index in [4.69, 9.17) is 14.7 Å². The van der Waals surface area contributed by atoms with Crippen LogP contribution in [-0.4, -0.2) is 72.1 Å². The van der Waals surface area contributed by atoms with E-state index < -0.39 is 0 Å². The van der Waals surface area contributed by atoms with E-state index in [1.807, 2.05) is 48.7 Å². The molecular weight excluding hydrogens is 478 g/mol. The summed E-state index contributed by atoms with van der Waals surface area (Å²) in [6.45, 7) is 1.82. The number of likely N-dealkylation sites (N-methyl/N-ethyl adjacent to an activating group) is 1. The van der Waals surface area contributed by atoms with Gasteiger partial charge in [0.15, 0.2) is 6.61 Å². The molecule has 0 aliphatic carbocycles. The Labute approximate surface area is 221 Å². The predicted octanol–water partition coefficient (Wildman–Crippen LogP) is 3.82. The number of carbonyl (C=O) groups is 1. The highest BCUT2D eigenvalue weighted by atomic mass is 16.5. The van der Waals surface area contributed by atoms with Crippen molar-refractivity contribution in [2.24, 2.45) is 0 Å². The van der Waals surface area contributed by atoms with Crippen LogP contribution in [-0.2, 0) is 4.79 Å². The summed E-state index contributed by atoms with van der Waals surface area (Å²) in [4.78, 5) is 28.4. The number of piperidine rings is 1. The highest BCUT2D eigenvalue weighted by molar-refractivity contribution is 5.99. The minimum atomic E-state index is -0.0803. The molecule has 0 saturated carbocycles. The molecule has 9 nitrogen and oxygen atoms in total. The number of benzene rings is 2. The number of hydrogen-bond acceptors (Lipinski definition) is 7. The average molecular weight is 508 g/mol. The summed E-state index contributed by atoms with van der Waals surface area (Å²) in [7, 11) is 6.04. The molecule has 4 heterocycles. The fourth-order valence-electron chi connectivity index (χ4n) is 5.38. The van der Waals surface area contributed by atoms with E-state index in [9.17, 15) is 10.1 Å². The summed E-state index contributed by atoms with van der Waals surface area (Å²) in [6, 6.07) is 16.1. The number of amides is 1. The van der Waals surface area contributed by atoms with Crippen LogP contribution in [0, 0.1) is 11.3 Å². The molecule has 0 spiro atoms. The molecule has 1 fully saturated rings. The van der Waals surface area contributed by atoms with Crippen LogP contribution in [0.1, 0.15) is 18.4 Å². The van der Waals surface area contributed by atoms with Crippen molar-refractivity contribution in [1.82, 2.24) is 19.3 Å². The third-order valence-corrected chi connectivity index (χ3v) is 7.63. The van der Waals surface area contributed by atoms with Gasteiger partial charge in [-0.1, -0.05) is 18.2 Å². The molecule has 2 aromatic heterocycles. The van der Waals surface area contributed by atoms with Crippen LogP contribution in [0.4, 0.5) is 11.6 Å². The van der Waals surface area contributed by atoms with Crippen LogP contribution in [0.15, 0.2) is 54.9 Å². The van der Waals surface area contributed by atoms with E-state index in [1.165, 1.54) is 0 Å². The van der Waals surface area contributed by atoms with E-state index in [-0.39, 0.29) is 12.5 Å². The van der Waals surface area contributed by atoms with Gasteiger partial charge in [0.1, 0.15) is 11.4 Å². The molecule has 0 radical (unpaired) electrons.